The Morgan fingerprint density at radius 1 is 1.47 bits per heavy atom. The van der Waals surface area contributed by atoms with Gasteiger partial charge in [-0.15, -0.1) is 0 Å². The van der Waals surface area contributed by atoms with E-state index in [4.69, 9.17) is 22.1 Å². The third kappa shape index (κ3) is 4.40. The van der Waals surface area contributed by atoms with Crippen molar-refractivity contribution in [1.82, 2.24) is 0 Å². The molecule has 0 saturated heterocycles. The monoisotopic (exact) mass is 284 g/mol. The first kappa shape index (κ1) is 15.8. The molecule has 0 aliphatic carbocycles. The van der Waals surface area contributed by atoms with E-state index in [2.05, 4.69) is 5.32 Å². The van der Waals surface area contributed by atoms with Gasteiger partial charge in [0.05, 0.1) is 18.8 Å². The van der Waals surface area contributed by atoms with Crippen LogP contribution in [0.4, 0.5) is 5.69 Å². The Balaban J connectivity index is 2.87. The van der Waals surface area contributed by atoms with Gasteiger partial charge in [0.15, 0.2) is 0 Å². The molecule has 0 fully saturated rings. The van der Waals surface area contributed by atoms with E-state index >= 15 is 0 Å². The van der Waals surface area contributed by atoms with E-state index in [0.29, 0.717) is 28.8 Å². The highest BCUT2D eigenvalue weighted by Gasteiger charge is 2.17. The van der Waals surface area contributed by atoms with Gasteiger partial charge >= 0.3 is 0 Å². The average molecular weight is 285 g/mol. The van der Waals surface area contributed by atoms with E-state index in [9.17, 15) is 4.79 Å². The van der Waals surface area contributed by atoms with Gasteiger partial charge in [0.1, 0.15) is 5.75 Å². The van der Waals surface area contributed by atoms with Gasteiger partial charge < -0.3 is 15.8 Å². The lowest BCUT2D eigenvalue weighted by Gasteiger charge is -2.16. The van der Waals surface area contributed by atoms with Crippen LogP contribution in [-0.4, -0.2) is 19.1 Å². The quantitative estimate of drug-likeness (QED) is 0.874. The lowest BCUT2D eigenvalue weighted by atomic mass is 10.0. The molecule has 5 heteroatoms. The van der Waals surface area contributed by atoms with Gasteiger partial charge in [0.25, 0.3) is 0 Å². The summed E-state index contributed by atoms with van der Waals surface area (Å²) in [6.07, 6.45) is 0.640. The van der Waals surface area contributed by atoms with Crippen molar-refractivity contribution in [2.45, 2.75) is 33.2 Å². The van der Waals surface area contributed by atoms with E-state index < -0.39 is 6.04 Å². The summed E-state index contributed by atoms with van der Waals surface area (Å²) in [6.45, 7) is 5.92. The number of hydrogen-bond donors (Lipinski definition) is 2. The van der Waals surface area contributed by atoms with Crippen LogP contribution in [0.25, 0.3) is 0 Å². The van der Waals surface area contributed by atoms with Crippen molar-refractivity contribution in [3.8, 4) is 5.75 Å². The minimum atomic E-state index is -0.527. The maximum absolute atomic E-state index is 12.0. The van der Waals surface area contributed by atoms with Crippen LogP contribution in [0.2, 0.25) is 5.02 Å². The minimum Gasteiger partial charge on any atom is -0.495 e. The second-order valence-corrected chi connectivity index (χ2v) is 5.43. The predicted octanol–water partition coefficient (Wildman–Crippen LogP) is 2.97. The van der Waals surface area contributed by atoms with Gasteiger partial charge in [0, 0.05) is 11.1 Å². The molecule has 1 unspecified atom stereocenters. The molecule has 0 aromatic heterocycles. The fourth-order valence-corrected chi connectivity index (χ4v) is 1.92. The van der Waals surface area contributed by atoms with Crippen molar-refractivity contribution in [2.75, 3.05) is 12.4 Å². The van der Waals surface area contributed by atoms with Crippen LogP contribution in [0.3, 0.4) is 0 Å². The first-order valence-corrected chi connectivity index (χ1v) is 6.63. The van der Waals surface area contributed by atoms with E-state index in [1.165, 1.54) is 7.11 Å². The smallest absolute Gasteiger partial charge is 0.241 e. The van der Waals surface area contributed by atoms with Crippen LogP contribution >= 0.6 is 11.6 Å². The number of halogens is 1. The number of rotatable bonds is 5. The van der Waals surface area contributed by atoms with Crippen LogP contribution in [0.1, 0.15) is 25.8 Å². The highest BCUT2D eigenvalue weighted by molar-refractivity contribution is 6.31. The summed E-state index contributed by atoms with van der Waals surface area (Å²) in [7, 11) is 1.53. The number of amides is 1. The molecule has 0 heterocycles. The first-order valence-electron chi connectivity index (χ1n) is 6.25. The number of carbonyl (C=O) groups is 1. The van der Waals surface area contributed by atoms with Gasteiger partial charge in [-0.2, -0.15) is 0 Å². The highest BCUT2D eigenvalue weighted by atomic mass is 35.5. The van der Waals surface area contributed by atoms with E-state index in [1.807, 2.05) is 20.8 Å². The molecule has 1 aromatic rings. The van der Waals surface area contributed by atoms with Crippen molar-refractivity contribution in [3.05, 3.63) is 22.7 Å². The molecule has 0 bridgehead atoms. The first-order chi connectivity index (χ1) is 8.85. The predicted molar refractivity (Wildman–Crippen MR) is 78.8 cm³/mol. The number of benzene rings is 1. The Hall–Kier alpha value is -1.26. The zero-order chi connectivity index (χ0) is 14.6. The molecule has 1 amide bonds. The van der Waals surface area contributed by atoms with Crippen LogP contribution in [0.5, 0.6) is 5.75 Å². The standard InChI is InChI=1S/C14H21ClN2O2/c1-8(2)5-11(16)14(18)17-12-6-9(3)10(15)7-13(12)19-4/h6-8,11H,5,16H2,1-4H3,(H,17,18). The molecule has 3 N–H and O–H groups in total. The topological polar surface area (TPSA) is 64.3 Å². The Labute approximate surface area is 119 Å². The van der Waals surface area contributed by atoms with Gasteiger partial charge in [0.2, 0.25) is 5.91 Å². The number of nitrogens with one attached hydrogen (secondary N) is 1. The molecule has 4 nitrogen and oxygen atoms in total. The van der Waals surface area contributed by atoms with E-state index in [1.54, 1.807) is 12.1 Å². The zero-order valence-electron chi connectivity index (χ0n) is 11.8. The molecule has 0 radical (unpaired) electrons. The molecule has 0 saturated carbocycles. The van der Waals surface area contributed by atoms with Crippen molar-refractivity contribution in [3.63, 3.8) is 0 Å². The molecule has 1 aromatic carbocycles. The normalized spacial score (nSPS) is 12.4. The maximum atomic E-state index is 12.0. The Kier molecular flexibility index (Phi) is 5.63. The van der Waals surface area contributed by atoms with Gasteiger partial charge in [-0.25, -0.2) is 0 Å². The number of methoxy groups -OCH3 is 1. The number of hydrogen-bond acceptors (Lipinski definition) is 3. The van der Waals surface area contributed by atoms with Gasteiger partial charge in [-0.05, 0) is 30.9 Å². The largest absolute Gasteiger partial charge is 0.495 e. The van der Waals surface area contributed by atoms with Crippen LogP contribution in [-0.2, 0) is 4.79 Å². The third-order valence-corrected chi connectivity index (χ3v) is 3.21. The maximum Gasteiger partial charge on any atom is 0.241 e. The van der Waals surface area contributed by atoms with Crippen LogP contribution < -0.4 is 15.8 Å². The summed E-state index contributed by atoms with van der Waals surface area (Å²) in [5.74, 6) is 0.684. The minimum absolute atomic E-state index is 0.214. The average Bonchev–Trinajstić information content (AvgIpc) is 2.32. The Morgan fingerprint density at radius 3 is 2.63 bits per heavy atom. The molecule has 106 valence electrons. The van der Waals surface area contributed by atoms with Crippen LogP contribution in [0.15, 0.2) is 12.1 Å². The van der Waals surface area contributed by atoms with Crippen molar-refractivity contribution < 1.29 is 9.53 Å². The number of ether oxygens (including phenoxy) is 1. The fraction of sp³-hybridized carbons (Fsp3) is 0.500. The summed E-state index contributed by atoms with van der Waals surface area (Å²) in [4.78, 5) is 12.0. The molecule has 1 rings (SSSR count). The third-order valence-electron chi connectivity index (χ3n) is 2.80. The Bertz CT molecular complexity index is 461. The summed E-state index contributed by atoms with van der Waals surface area (Å²) < 4.78 is 5.20. The van der Waals surface area contributed by atoms with Gasteiger partial charge in [-0.1, -0.05) is 25.4 Å². The summed E-state index contributed by atoms with van der Waals surface area (Å²) >= 11 is 6.02. The fourth-order valence-electron chi connectivity index (χ4n) is 1.77. The van der Waals surface area contributed by atoms with E-state index in [0.717, 1.165) is 5.56 Å². The molecule has 0 aliphatic rings. The summed E-state index contributed by atoms with van der Waals surface area (Å²) in [5.41, 5.74) is 7.31. The highest BCUT2D eigenvalue weighted by Crippen LogP contribution is 2.31. The van der Waals surface area contributed by atoms with E-state index in [-0.39, 0.29) is 5.91 Å². The van der Waals surface area contributed by atoms with Crippen LogP contribution in [0, 0.1) is 12.8 Å². The summed E-state index contributed by atoms with van der Waals surface area (Å²) in [6, 6.07) is 2.93. The molecule has 0 spiro atoms. The lowest BCUT2D eigenvalue weighted by molar-refractivity contribution is -0.117. The second kappa shape index (κ2) is 6.78. The van der Waals surface area contributed by atoms with Crippen molar-refractivity contribution in [1.29, 1.82) is 0 Å². The molecule has 1 atom stereocenters. The number of aryl methyl sites for hydroxylation is 1. The van der Waals surface area contributed by atoms with Crippen molar-refractivity contribution >= 4 is 23.2 Å². The molecular formula is C14H21ClN2O2. The second-order valence-electron chi connectivity index (χ2n) is 5.03. The van der Waals surface area contributed by atoms with Gasteiger partial charge in [-0.3, -0.25) is 4.79 Å². The molecule has 0 aliphatic heterocycles. The lowest BCUT2D eigenvalue weighted by Crippen LogP contribution is -2.36. The number of carbonyl (C=O) groups excluding carboxylic acids is 1. The molecule has 19 heavy (non-hydrogen) atoms. The SMILES string of the molecule is COc1cc(Cl)c(C)cc1NC(=O)C(N)CC(C)C. The Morgan fingerprint density at radius 2 is 2.11 bits per heavy atom. The number of anilines is 1. The zero-order valence-corrected chi connectivity index (χ0v) is 12.5. The van der Waals surface area contributed by atoms with Crippen molar-refractivity contribution in [2.24, 2.45) is 11.7 Å². The number of nitrogens with two attached hydrogens (primary N) is 1. The molecular weight excluding hydrogens is 264 g/mol. The summed E-state index contributed by atoms with van der Waals surface area (Å²) in [5, 5.41) is 3.39.